The molecule has 0 radical (unpaired) electrons. The number of thiophene rings is 1. The number of rotatable bonds is 3. The second kappa shape index (κ2) is 5.50. The van der Waals surface area contributed by atoms with Crippen LogP contribution in [0.2, 0.25) is 0 Å². The lowest BCUT2D eigenvalue weighted by atomic mass is 10.1. The predicted molar refractivity (Wildman–Crippen MR) is 71.3 cm³/mol. The normalized spacial score (nSPS) is 11.8. The van der Waals surface area contributed by atoms with Gasteiger partial charge in [0.1, 0.15) is 0 Å². The van der Waals surface area contributed by atoms with Crippen LogP contribution < -0.4 is 10.6 Å². The smallest absolute Gasteiger partial charge is 0.320 e. The van der Waals surface area contributed by atoms with Gasteiger partial charge in [-0.1, -0.05) is 30.3 Å². The lowest BCUT2D eigenvalue weighted by molar-refractivity contribution is 0.249. The van der Waals surface area contributed by atoms with Gasteiger partial charge in [0.15, 0.2) is 0 Å². The molecule has 0 bridgehead atoms. The van der Waals surface area contributed by atoms with Crippen LogP contribution in [0, 0.1) is 0 Å². The van der Waals surface area contributed by atoms with Gasteiger partial charge >= 0.3 is 6.03 Å². The van der Waals surface area contributed by atoms with Crippen LogP contribution in [-0.4, -0.2) is 6.03 Å². The Labute approximate surface area is 104 Å². The molecule has 0 aliphatic rings. The third-order valence-corrected chi connectivity index (χ3v) is 3.19. The monoisotopic (exact) mass is 246 g/mol. The third-order valence-electron chi connectivity index (χ3n) is 2.41. The first-order valence-corrected chi connectivity index (χ1v) is 6.29. The van der Waals surface area contributed by atoms with Gasteiger partial charge < -0.3 is 5.32 Å². The van der Waals surface area contributed by atoms with Crippen molar-refractivity contribution in [3.05, 3.63) is 53.4 Å². The maximum absolute atomic E-state index is 11.7. The fraction of sp³-hybridized carbons (Fsp3) is 0.154. The average Bonchev–Trinajstić information content (AvgIpc) is 2.82. The molecule has 88 valence electrons. The Morgan fingerprint density at radius 3 is 2.59 bits per heavy atom. The number of anilines is 1. The minimum atomic E-state index is -0.177. The van der Waals surface area contributed by atoms with Crippen molar-refractivity contribution in [2.45, 2.75) is 13.0 Å². The summed E-state index contributed by atoms with van der Waals surface area (Å²) in [5.41, 5.74) is 1.09. The SMILES string of the molecule is CC(NC(=O)Nc1cccs1)c1ccccc1. The Morgan fingerprint density at radius 2 is 1.94 bits per heavy atom. The highest BCUT2D eigenvalue weighted by Gasteiger charge is 2.08. The Kier molecular flexibility index (Phi) is 3.77. The summed E-state index contributed by atoms with van der Waals surface area (Å²) in [4.78, 5) is 11.7. The van der Waals surface area contributed by atoms with Crippen LogP contribution in [0.5, 0.6) is 0 Å². The van der Waals surface area contributed by atoms with Crippen molar-refractivity contribution in [3.63, 3.8) is 0 Å². The van der Waals surface area contributed by atoms with Gasteiger partial charge in [0.2, 0.25) is 0 Å². The summed E-state index contributed by atoms with van der Waals surface area (Å²) >= 11 is 1.50. The predicted octanol–water partition coefficient (Wildman–Crippen LogP) is 3.63. The maximum atomic E-state index is 11.7. The molecule has 0 spiro atoms. The summed E-state index contributed by atoms with van der Waals surface area (Å²) in [5.74, 6) is 0. The van der Waals surface area contributed by atoms with Crippen molar-refractivity contribution in [3.8, 4) is 0 Å². The number of benzene rings is 1. The standard InChI is InChI=1S/C13H14N2OS/c1-10(11-6-3-2-4-7-11)14-13(16)15-12-8-5-9-17-12/h2-10H,1H3,(H2,14,15,16). The number of hydrogen-bond donors (Lipinski definition) is 2. The fourth-order valence-corrected chi connectivity index (χ4v) is 2.13. The number of urea groups is 1. The Bertz CT molecular complexity index is 467. The van der Waals surface area contributed by atoms with Crippen molar-refractivity contribution in [1.82, 2.24) is 5.32 Å². The lowest BCUT2D eigenvalue weighted by Crippen LogP contribution is -2.30. The van der Waals surface area contributed by atoms with E-state index in [-0.39, 0.29) is 12.1 Å². The molecule has 0 saturated carbocycles. The van der Waals surface area contributed by atoms with Gasteiger partial charge in [0, 0.05) is 0 Å². The van der Waals surface area contributed by atoms with E-state index in [1.54, 1.807) is 0 Å². The molecule has 0 aliphatic heterocycles. The van der Waals surface area contributed by atoms with Crippen molar-refractivity contribution >= 4 is 22.4 Å². The molecular weight excluding hydrogens is 232 g/mol. The van der Waals surface area contributed by atoms with Crippen molar-refractivity contribution in [2.75, 3.05) is 5.32 Å². The van der Waals surface area contributed by atoms with Gasteiger partial charge in [-0.25, -0.2) is 4.79 Å². The minimum absolute atomic E-state index is 0.00355. The second-order valence-electron chi connectivity index (χ2n) is 3.71. The number of hydrogen-bond acceptors (Lipinski definition) is 2. The van der Waals surface area contributed by atoms with Crippen LogP contribution in [-0.2, 0) is 0 Å². The first-order valence-electron chi connectivity index (χ1n) is 5.41. The van der Waals surface area contributed by atoms with E-state index in [1.807, 2.05) is 54.8 Å². The van der Waals surface area contributed by atoms with E-state index < -0.39 is 0 Å². The summed E-state index contributed by atoms with van der Waals surface area (Å²) in [7, 11) is 0. The average molecular weight is 246 g/mol. The fourth-order valence-electron chi connectivity index (χ4n) is 1.52. The highest BCUT2D eigenvalue weighted by atomic mass is 32.1. The van der Waals surface area contributed by atoms with Crippen LogP contribution in [0.1, 0.15) is 18.5 Å². The number of nitrogens with one attached hydrogen (secondary N) is 2. The van der Waals surface area contributed by atoms with E-state index in [9.17, 15) is 4.79 Å². The van der Waals surface area contributed by atoms with E-state index in [0.717, 1.165) is 10.6 Å². The first kappa shape index (κ1) is 11.7. The van der Waals surface area contributed by atoms with Crippen LogP contribution in [0.4, 0.5) is 9.80 Å². The zero-order chi connectivity index (χ0) is 12.1. The van der Waals surface area contributed by atoms with E-state index in [2.05, 4.69) is 10.6 Å². The van der Waals surface area contributed by atoms with E-state index in [1.165, 1.54) is 11.3 Å². The van der Waals surface area contributed by atoms with Crippen molar-refractivity contribution in [2.24, 2.45) is 0 Å². The molecule has 17 heavy (non-hydrogen) atoms. The first-order chi connectivity index (χ1) is 8.25. The van der Waals surface area contributed by atoms with E-state index in [4.69, 9.17) is 0 Å². The number of amides is 2. The van der Waals surface area contributed by atoms with Gasteiger partial charge in [-0.3, -0.25) is 5.32 Å². The van der Waals surface area contributed by atoms with Gasteiger partial charge in [0.25, 0.3) is 0 Å². The molecule has 1 aromatic carbocycles. The van der Waals surface area contributed by atoms with Gasteiger partial charge in [0.05, 0.1) is 11.0 Å². The minimum Gasteiger partial charge on any atom is -0.331 e. The Morgan fingerprint density at radius 1 is 1.18 bits per heavy atom. The zero-order valence-corrected chi connectivity index (χ0v) is 10.3. The molecule has 0 fully saturated rings. The zero-order valence-electron chi connectivity index (χ0n) is 9.51. The molecule has 2 amide bonds. The molecule has 2 aromatic rings. The maximum Gasteiger partial charge on any atom is 0.320 e. The van der Waals surface area contributed by atoms with Crippen LogP contribution >= 0.6 is 11.3 Å². The molecule has 1 unspecified atom stereocenters. The molecule has 3 nitrogen and oxygen atoms in total. The topological polar surface area (TPSA) is 41.1 Å². The van der Waals surface area contributed by atoms with E-state index >= 15 is 0 Å². The third kappa shape index (κ3) is 3.32. The van der Waals surface area contributed by atoms with Crippen molar-refractivity contribution in [1.29, 1.82) is 0 Å². The summed E-state index contributed by atoms with van der Waals surface area (Å²) in [6.07, 6.45) is 0. The van der Waals surface area contributed by atoms with Crippen LogP contribution in [0.3, 0.4) is 0 Å². The van der Waals surface area contributed by atoms with Crippen LogP contribution in [0.15, 0.2) is 47.8 Å². The molecule has 1 heterocycles. The summed E-state index contributed by atoms with van der Waals surface area (Å²) in [6.45, 7) is 1.96. The largest absolute Gasteiger partial charge is 0.331 e. The van der Waals surface area contributed by atoms with Gasteiger partial charge in [-0.2, -0.15) is 0 Å². The molecule has 0 aliphatic carbocycles. The molecule has 0 saturated heterocycles. The highest BCUT2D eigenvalue weighted by Crippen LogP contribution is 2.16. The second-order valence-corrected chi connectivity index (χ2v) is 4.66. The number of carbonyl (C=O) groups excluding carboxylic acids is 1. The van der Waals surface area contributed by atoms with Crippen LogP contribution in [0.25, 0.3) is 0 Å². The molecule has 1 aromatic heterocycles. The summed E-state index contributed by atoms with van der Waals surface area (Å²) in [6, 6.07) is 13.5. The van der Waals surface area contributed by atoms with Gasteiger partial charge in [-0.15, -0.1) is 11.3 Å². The quantitative estimate of drug-likeness (QED) is 0.853. The molecule has 4 heteroatoms. The summed E-state index contributed by atoms with van der Waals surface area (Å²) in [5, 5.41) is 8.46. The molecule has 2 rings (SSSR count). The van der Waals surface area contributed by atoms with Gasteiger partial charge in [-0.05, 0) is 30.0 Å². The number of carbonyl (C=O) groups is 1. The van der Waals surface area contributed by atoms with E-state index in [0.29, 0.717) is 0 Å². The summed E-state index contributed by atoms with van der Waals surface area (Å²) < 4.78 is 0. The van der Waals surface area contributed by atoms with Crippen molar-refractivity contribution < 1.29 is 4.79 Å². The Hall–Kier alpha value is -1.81. The molecule has 2 N–H and O–H groups in total. The Balaban J connectivity index is 1.91. The molecule has 1 atom stereocenters. The molecular formula is C13H14N2OS. The lowest BCUT2D eigenvalue weighted by Gasteiger charge is -2.14. The highest BCUT2D eigenvalue weighted by molar-refractivity contribution is 7.14.